The molecule has 0 bridgehead atoms. The van der Waals surface area contributed by atoms with Crippen molar-refractivity contribution < 1.29 is 24.2 Å². The van der Waals surface area contributed by atoms with Gasteiger partial charge >= 0.3 is 5.97 Å². The summed E-state index contributed by atoms with van der Waals surface area (Å²) in [6.45, 7) is 1.15. The van der Waals surface area contributed by atoms with Crippen LogP contribution in [0.5, 0.6) is 5.75 Å². The normalized spacial score (nSPS) is 10.3. The molecule has 0 unspecified atom stereocenters. The van der Waals surface area contributed by atoms with Gasteiger partial charge in [0.25, 0.3) is 5.91 Å². The molecule has 138 valence electrons. The molecule has 0 saturated carbocycles. The minimum atomic E-state index is -0.827. The number of carboxylic acid groups (broad SMARTS) is 1. The molecule has 2 aromatic carbocycles. The van der Waals surface area contributed by atoms with Gasteiger partial charge in [-0.05, 0) is 42.3 Å². The van der Waals surface area contributed by atoms with Crippen LogP contribution in [0.3, 0.4) is 0 Å². The van der Waals surface area contributed by atoms with Crippen molar-refractivity contribution in [3.05, 3.63) is 59.7 Å². The topological polar surface area (TPSA) is 84.9 Å². The summed E-state index contributed by atoms with van der Waals surface area (Å²) in [4.78, 5) is 23.0. The smallest absolute Gasteiger partial charge is 0.303 e. The third-order valence-electron chi connectivity index (χ3n) is 3.70. The van der Waals surface area contributed by atoms with Gasteiger partial charge in [-0.1, -0.05) is 18.2 Å². The van der Waals surface area contributed by atoms with Crippen molar-refractivity contribution in [3.63, 3.8) is 0 Å². The van der Waals surface area contributed by atoms with Gasteiger partial charge in [0, 0.05) is 37.8 Å². The molecule has 0 spiro atoms. The van der Waals surface area contributed by atoms with Crippen LogP contribution in [0.1, 0.15) is 28.8 Å². The average Bonchev–Trinajstić information content (AvgIpc) is 2.65. The molecule has 2 aromatic rings. The molecule has 0 aliphatic carbocycles. The predicted octanol–water partition coefficient (Wildman–Crippen LogP) is 3.37. The van der Waals surface area contributed by atoms with E-state index >= 15 is 0 Å². The lowest BCUT2D eigenvalue weighted by Gasteiger charge is -2.09. The first kappa shape index (κ1) is 19.5. The van der Waals surface area contributed by atoms with Crippen LogP contribution in [-0.4, -0.2) is 37.3 Å². The van der Waals surface area contributed by atoms with Crippen molar-refractivity contribution in [2.75, 3.05) is 25.6 Å². The zero-order valence-electron chi connectivity index (χ0n) is 14.7. The summed E-state index contributed by atoms with van der Waals surface area (Å²) in [5, 5.41) is 11.5. The van der Waals surface area contributed by atoms with E-state index in [-0.39, 0.29) is 12.3 Å². The van der Waals surface area contributed by atoms with Crippen molar-refractivity contribution in [1.29, 1.82) is 0 Å². The molecule has 1 amide bonds. The van der Waals surface area contributed by atoms with E-state index in [0.717, 1.165) is 12.0 Å². The van der Waals surface area contributed by atoms with Gasteiger partial charge in [-0.15, -0.1) is 0 Å². The van der Waals surface area contributed by atoms with E-state index in [0.29, 0.717) is 36.6 Å². The van der Waals surface area contributed by atoms with Crippen LogP contribution < -0.4 is 10.1 Å². The van der Waals surface area contributed by atoms with Crippen molar-refractivity contribution in [2.24, 2.45) is 0 Å². The van der Waals surface area contributed by atoms with Crippen LogP contribution in [0.4, 0.5) is 5.69 Å². The number of hydrogen-bond acceptors (Lipinski definition) is 4. The van der Waals surface area contributed by atoms with Crippen molar-refractivity contribution in [1.82, 2.24) is 0 Å². The molecule has 2 N–H and O–H groups in total. The zero-order valence-corrected chi connectivity index (χ0v) is 14.7. The number of aliphatic carboxylic acids is 1. The van der Waals surface area contributed by atoms with E-state index < -0.39 is 5.97 Å². The summed E-state index contributed by atoms with van der Waals surface area (Å²) >= 11 is 0. The van der Waals surface area contributed by atoms with Crippen molar-refractivity contribution in [2.45, 2.75) is 19.3 Å². The number of anilines is 1. The van der Waals surface area contributed by atoms with E-state index in [4.69, 9.17) is 14.6 Å². The fraction of sp³-hybridized carbons (Fsp3) is 0.300. The summed E-state index contributed by atoms with van der Waals surface area (Å²) in [7, 11) is 1.64. The van der Waals surface area contributed by atoms with Crippen LogP contribution in [-0.2, 0) is 16.0 Å². The number of carbonyl (C=O) groups is 2. The van der Waals surface area contributed by atoms with Crippen molar-refractivity contribution in [3.8, 4) is 5.75 Å². The fourth-order valence-corrected chi connectivity index (χ4v) is 2.33. The molecule has 0 fully saturated rings. The van der Waals surface area contributed by atoms with Crippen molar-refractivity contribution >= 4 is 17.6 Å². The SMILES string of the molecule is COCCCOc1cccc(C(=O)Nc2ccc(CCC(=O)O)cc2)c1. The van der Waals surface area contributed by atoms with Gasteiger partial charge in [0.15, 0.2) is 0 Å². The minimum Gasteiger partial charge on any atom is -0.493 e. The molecular formula is C20H23NO5. The van der Waals surface area contributed by atoms with Crippen LogP contribution >= 0.6 is 0 Å². The Morgan fingerprint density at radius 3 is 2.54 bits per heavy atom. The number of rotatable bonds is 10. The molecule has 0 saturated heterocycles. The maximum absolute atomic E-state index is 12.4. The second kappa shape index (κ2) is 10.2. The van der Waals surface area contributed by atoms with E-state index in [1.807, 2.05) is 12.1 Å². The van der Waals surface area contributed by atoms with Gasteiger partial charge in [-0.3, -0.25) is 9.59 Å². The number of nitrogens with one attached hydrogen (secondary N) is 1. The van der Waals surface area contributed by atoms with Crippen LogP contribution in [0.15, 0.2) is 48.5 Å². The largest absolute Gasteiger partial charge is 0.493 e. The van der Waals surface area contributed by atoms with Crippen LogP contribution in [0.2, 0.25) is 0 Å². The molecule has 6 heteroatoms. The summed E-state index contributed by atoms with van der Waals surface area (Å²) < 4.78 is 10.6. The van der Waals surface area contributed by atoms with Crippen LogP contribution in [0.25, 0.3) is 0 Å². The van der Waals surface area contributed by atoms with Gasteiger partial charge in [0.1, 0.15) is 5.75 Å². The highest BCUT2D eigenvalue weighted by Gasteiger charge is 2.08. The Bertz CT molecular complexity index is 727. The molecule has 0 aromatic heterocycles. The Kier molecular flexibility index (Phi) is 7.64. The maximum Gasteiger partial charge on any atom is 0.303 e. The Balaban J connectivity index is 1.91. The number of carboxylic acids is 1. The van der Waals surface area contributed by atoms with Crippen LogP contribution in [0, 0.1) is 0 Å². The average molecular weight is 357 g/mol. The number of carbonyl (C=O) groups excluding carboxylic acids is 1. The lowest BCUT2D eigenvalue weighted by atomic mass is 10.1. The third kappa shape index (κ3) is 6.57. The first-order valence-corrected chi connectivity index (χ1v) is 8.42. The molecule has 0 aliphatic heterocycles. The Morgan fingerprint density at radius 1 is 1.08 bits per heavy atom. The monoisotopic (exact) mass is 357 g/mol. The van der Waals surface area contributed by atoms with E-state index in [2.05, 4.69) is 5.32 Å². The third-order valence-corrected chi connectivity index (χ3v) is 3.70. The molecule has 0 atom stereocenters. The summed E-state index contributed by atoms with van der Waals surface area (Å²) in [6, 6.07) is 14.2. The molecule has 0 aliphatic rings. The molecule has 2 rings (SSSR count). The number of ether oxygens (including phenoxy) is 2. The lowest BCUT2D eigenvalue weighted by molar-refractivity contribution is -0.136. The maximum atomic E-state index is 12.4. The zero-order chi connectivity index (χ0) is 18.8. The number of methoxy groups -OCH3 is 1. The summed E-state index contributed by atoms with van der Waals surface area (Å²) in [6.07, 6.45) is 1.33. The van der Waals surface area contributed by atoms with Gasteiger partial charge in [0.05, 0.1) is 6.61 Å². The minimum absolute atomic E-state index is 0.0862. The fourth-order valence-electron chi connectivity index (χ4n) is 2.33. The Morgan fingerprint density at radius 2 is 1.85 bits per heavy atom. The van der Waals surface area contributed by atoms with E-state index in [1.165, 1.54) is 0 Å². The summed E-state index contributed by atoms with van der Waals surface area (Å²) in [5.41, 5.74) is 2.07. The van der Waals surface area contributed by atoms with E-state index in [9.17, 15) is 9.59 Å². The number of aryl methyl sites for hydroxylation is 1. The Labute approximate surface area is 152 Å². The molecule has 0 heterocycles. The number of benzene rings is 2. The first-order valence-electron chi connectivity index (χ1n) is 8.42. The van der Waals surface area contributed by atoms with Gasteiger partial charge < -0.3 is 19.9 Å². The number of amides is 1. The number of hydrogen-bond donors (Lipinski definition) is 2. The molecule has 6 nitrogen and oxygen atoms in total. The highest BCUT2D eigenvalue weighted by atomic mass is 16.5. The van der Waals surface area contributed by atoms with Gasteiger partial charge in [0.2, 0.25) is 0 Å². The summed E-state index contributed by atoms with van der Waals surface area (Å²) in [5.74, 6) is -0.421. The quantitative estimate of drug-likeness (QED) is 0.637. The highest BCUT2D eigenvalue weighted by Crippen LogP contribution is 2.16. The molecule has 26 heavy (non-hydrogen) atoms. The van der Waals surface area contributed by atoms with E-state index in [1.54, 1.807) is 43.5 Å². The predicted molar refractivity (Wildman–Crippen MR) is 98.8 cm³/mol. The standard InChI is InChI=1S/C20H23NO5/c1-25-12-3-13-26-18-5-2-4-16(14-18)20(24)21-17-9-6-15(7-10-17)8-11-19(22)23/h2,4-7,9-10,14H,3,8,11-13H2,1H3,(H,21,24)(H,22,23). The first-order chi connectivity index (χ1) is 12.6. The van der Waals surface area contributed by atoms with Gasteiger partial charge in [-0.25, -0.2) is 0 Å². The second-order valence-electron chi connectivity index (χ2n) is 5.77. The van der Waals surface area contributed by atoms with Gasteiger partial charge in [-0.2, -0.15) is 0 Å². The second-order valence-corrected chi connectivity index (χ2v) is 5.77. The highest BCUT2D eigenvalue weighted by molar-refractivity contribution is 6.04. The molecule has 0 radical (unpaired) electrons. The lowest BCUT2D eigenvalue weighted by Crippen LogP contribution is -2.12. The Hall–Kier alpha value is -2.86. The molecular weight excluding hydrogens is 334 g/mol.